The number of anilines is 2. The lowest BCUT2D eigenvalue weighted by Gasteiger charge is -2.28. The zero-order valence-corrected chi connectivity index (χ0v) is 15.5. The zero-order valence-electron chi connectivity index (χ0n) is 14.6. The number of aromatic nitrogens is 2. The Bertz CT molecular complexity index is 691. The first-order valence-corrected chi connectivity index (χ1v) is 10.2. The van der Waals surface area contributed by atoms with Gasteiger partial charge in [0.15, 0.2) is 0 Å². The van der Waals surface area contributed by atoms with E-state index in [2.05, 4.69) is 24.9 Å². The minimum absolute atomic E-state index is 0.0255. The number of hydrogen-bond donors (Lipinski definition) is 2. The number of hydrogen-bond acceptors (Lipinski definition) is 6. The van der Waals surface area contributed by atoms with E-state index < -0.39 is 28.4 Å². The van der Waals surface area contributed by atoms with E-state index in [9.17, 15) is 21.6 Å². The van der Waals surface area contributed by atoms with Crippen LogP contribution in [-0.2, 0) is 10.0 Å². The smallest absolute Gasteiger partial charge is 0.369 e. The van der Waals surface area contributed by atoms with Crippen LogP contribution in [0.25, 0.3) is 0 Å². The highest BCUT2D eigenvalue weighted by Gasteiger charge is 2.29. The molecular weight excluding hydrogens is 371 g/mol. The third kappa shape index (κ3) is 7.32. The lowest BCUT2D eigenvalue weighted by Crippen LogP contribution is -2.32. The molecule has 148 valence electrons. The average molecular weight is 395 g/mol. The first kappa shape index (κ1) is 20.7. The van der Waals surface area contributed by atoms with Crippen molar-refractivity contribution in [2.45, 2.75) is 38.8 Å². The Labute approximate surface area is 151 Å². The summed E-state index contributed by atoms with van der Waals surface area (Å²) in [7, 11) is -3.95. The van der Waals surface area contributed by atoms with Crippen molar-refractivity contribution in [1.82, 2.24) is 14.7 Å². The molecule has 26 heavy (non-hydrogen) atoms. The fourth-order valence-electron chi connectivity index (χ4n) is 2.65. The molecule has 0 aliphatic carbocycles. The van der Waals surface area contributed by atoms with Gasteiger partial charge in [0.25, 0.3) is 0 Å². The molecule has 1 fully saturated rings. The van der Waals surface area contributed by atoms with Gasteiger partial charge in [-0.3, -0.25) is 0 Å². The zero-order chi connectivity index (χ0) is 19.2. The molecule has 0 radical (unpaired) electrons. The second-order valence-electron chi connectivity index (χ2n) is 6.21. The Morgan fingerprint density at radius 2 is 1.85 bits per heavy atom. The molecule has 11 heteroatoms. The van der Waals surface area contributed by atoms with E-state index in [1.54, 1.807) is 13.0 Å². The van der Waals surface area contributed by atoms with Crippen LogP contribution in [0.4, 0.5) is 24.8 Å². The van der Waals surface area contributed by atoms with Crippen LogP contribution in [-0.4, -0.2) is 56.5 Å². The summed E-state index contributed by atoms with van der Waals surface area (Å²) in [5.74, 6) is 1.02. The van der Waals surface area contributed by atoms with Crippen LogP contribution in [0.5, 0.6) is 0 Å². The second kappa shape index (κ2) is 8.85. The van der Waals surface area contributed by atoms with Crippen LogP contribution in [0.1, 0.15) is 31.5 Å². The molecule has 1 aliphatic rings. The first-order valence-electron chi connectivity index (χ1n) is 8.53. The normalized spacial score (nSPS) is 15.9. The van der Waals surface area contributed by atoms with Gasteiger partial charge in [0.2, 0.25) is 10.0 Å². The predicted octanol–water partition coefficient (Wildman–Crippen LogP) is 2.06. The third-order valence-corrected chi connectivity index (χ3v) is 5.30. The molecule has 1 aromatic heterocycles. The van der Waals surface area contributed by atoms with E-state index in [1.165, 1.54) is 6.42 Å². The molecule has 0 aromatic carbocycles. The van der Waals surface area contributed by atoms with E-state index in [1.807, 2.05) is 0 Å². The van der Waals surface area contributed by atoms with Crippen LogP contribution in [0.2, 0.25) is 0 Å². The van der Waals surface area contributed by atoms with Gasteiger partial charge in [0.05, 0.1) is 12.2 Å². The highest BCUT2D eigenvalue weighted by molar-refractivity contribution is 7.89. The summed E-state index contributed by atoms with van der Waals surface area (Å²) in [6, 6.07) is 1.80. The topological polar surface area (TPSA) is 87.2 Å². The maximum atomic E-state index is 12.1. The van der Waals surface area contributed by atoms with E-state index in [-0.39, 0.29) is 13.1 Å². The molecule has 0 atom stereocenters. The van der Waals surface area contributed by atoms with Gasteiger partial charge in [-0.15, -0.1) is 0 Å². The number of nitrogens with zero attached hydrogens (tertiary/aromatic N) is 3. The number of nitrogens with one attached hydrogen (secondary N) is 2. The van der Waals surface area contributed by atoms with Gasteiger partial charge >= 0.3 is 6.18 Å². The SMILES string of the molecule is Cc1nc(NCCNS(=O)(=O)CCC(F)(F)F)cc(N2CCCCC2)n1. The largest absolute Gasteiger partial charge is 0.390 e. The molecule has 2 N–H and O–H groups in total. The predicted molar refractivity (Wildman–Crippen MR) is 93.8 cm³/mol. The van der Waals surface area contributed by atoms with E-state index in [0.29, 0.717) is 11.6 Å². The monoisotopic (exact) mass is 395 g/mol. The molecule has 0 unspecified atom stereocenters. The van der Waals surface area contributed by atoms with Gasteiger partial charge in [-0.05, 0) is 26.2 Å². The van der Waals surface area contributed by atoms with Crippen molar-refractivity contribution in [3.63, 3.8) is 0 Å². The molecule has 0 saturated carbocycles. The van der Waals surface area contributed by atoms with Crippen molar-refractivity contribution in [3.05, 3.63) is 11.9 Å². The molecular formula is C15H24F3N5O2S. The van der Waals surface area contributed by atoms with Gasteiger partial charge in [0.1, 0.15) is 17.5 Å². The van der Waals surface area contributed by atoms with Crippen molar-refractivity contribution in [2.75, 3.05) is 42.1 Å². The number of alkyl halides is 3. The first-order chi connectivity index (χ1) is 12.1. The number of rotatable bonds is 8. The van der Waals surface area contributed by atoms with E-state index in [4.69, 9.17) is 0 Å². The van der Waals surface area contributed by atoms with Crippen molar-refractivity contribution >= 4 is 21.7 Å². The van der Waals surface area contributed by atoms with Crippen LogP contribution < -0.4 is 14.9 Å². The molecule has 0 spiro atoms. The lowest BCUT2D eigenvalue weighted by molar-refractivity contribution is -0.129. The number of piperidine rings is 1. The Balaban J connectivity index is 1.83. The molecule has 1 aromatic rings. The number of sulfonamides is 1. The molecule has 7 nitrogen and oxygen atoms in total. The standard InChI is InChI=1S/C15H24F3N5O2S/c1-12-21-13(11-14(22-12)23-8-3-2-4-9-23)19-6-7-20-26(24,25)10-5-15(16,17)18/h11,20H,2-10H2,1H3,(H,19,21,22). The molecule has 1 aliphatic heterocycles. The summed E-state index contributed by atoms with van der Waals surface area (Å²) < 4.78 is 61.5. The van der Waals surface area contributed by atoms with E-state index >= 15 is 0 Å². The minimum atomic E-state index is -4.49. The highest BCUT2D eigenvalue weighted by Crippen LogP contribution is 2.21. The maximum absolute atomic E-state index is 12.1. The second-order valence-corrected chi connectivity index (χ2v) is 8.14. The Kier molecular flexibility index (Phi) is 7.04. The van der Waals surface area contributed by atoms with Crippen LogP contribution in [0.3, 0.4) is 0 Å². The fraction of sp³-hybridized carbons (Fsp3) is 0.733. The van der Waals surface area contributed by atoms with Gasteiger partial charge in [-0.2, -0.15) is 13.2 Å². The summed E-state index contributed by atoms with van der Waals surface area (Å²) in [4.78, 5) is 10.9. The summed E-state index contributed by atoms with van der Waals surface area (Å²) in [5.41, 5.74) is 0. The molecule has 2 rings (SSSR count). The Hall–Kier alpha value is -1.62. The summed E-state index contributed by atoms with van der Waals surface area (Å²) in [6.07, 6.45) is -2.41. The molecule has 0 amide bonds. The average Bonchev–Trinajstić information content (AvgIpc) is 2.57. The van der Waals surface area contributed by atoms with Crippen LogP contribution in [0, 0.1) is 6.92 Å². The van der Waals surface area contributed by atoms with Crippen LogP contribution >= 0.6 is 0 Å². The summed E-state index contributed by atoms with van der Waals surface area (Å²) in [5, 5.41) is 2.98. The lowest BCUT2D eigenvalue weighted by atomic mass is 10.1. The molecule has 2 heterocycles. The Morgan fingerprint density at radius 1 is 1.15 bits per heavy atom. The van der Waals surface area contributed by atoms with Gasteiger partial charge in [0, 0.05) is 32.2 Å². The van der Waals surface area contributed by atoms with E-state index in [0.717, 1.165) is 31.7 Å². The number of halogens is 3. The quantitative estimate of drug-likeness (QED) is 0.655. The van der Waals surface area contributed by atoms with Gasteiger partial charge in [-0.25, -0.2) is 23.1 Å². The fourth-order valence-corrected chi connectivity index (χ4v) is 3.70. The highest BCUT2D eigenvalue weighted by atomic mass is 32.2. The van der Waals surface area contributed by atoms with Crippen molar-refractivity contribution < 1.29 is 21.6 Å². The minimum Gasteiger partial charge on any atom is -0.369 e. The maximum Gasteiger partial charge on any atom is 0.390 e. The number of aryl methyl sites for hydroxylation is 1. The molecule has 1 saturated heterocycles. The summed E-state index contributed by atoms with van der Waals surface area (Å²) >= 11 is 0. The van der Waals surface area contributed by atoms with Crippen molar-refractivity contribution in [3.8, 4) is 0 Å². The molecule has 0 bridgehead atoms. The third-order valence-electron chi connectivity index (χ3n) is 3.91. The van der Waals surface area contributed by atoms with Crippen LogP contribution in [0.15, 0.2) is 6.07 Å². The summed E-state index contributed by atoms with van der Waals surface area (Å²) in [6.45, 7) is 3.84. The van der Waals surface area contributed by atoms with Crippen molar-refractivity contribution in [2.24, 2.45) is 0 Å². The van der Waals surface area contributed by atoms with Gasteiger partial charge in [-0.1, -0.05) is 0 Å². The Morgan fingerprint density at radius 3 is 2.50 bits per heavy atom. The van der Waals surface area contributed by atoms with Crippen molar-refractivity contribution in [1.29, 1.82) is 0 Å². The van der Waals surface area contributed by atoms with Gasteiger partial charge < -0.3 is 10.2 Å².